The molecule has 2 heterocycles. The van der Waals surface area contributed by atoms with Crippen LogP contribution in [-0.2, 0) is 4.79 Å². The quantitative estimate of drug-likeness (QED) is 0.601. The van der Waals surface area contributed by atoms with E-state index in [4.69, 9.17) is 0 Å². The number of piperidine rings is 1. The minimum atomic E-state index is 0.0750. The molecule has 8 heteroatoms. The number of hydrogen-bond donors (Lipinski definition) is 0. The second kappa shape index (κ2) is 10.6. The minimum absolute atomic E-state index is 0.0750. The zero-order valence-corrected chi connectivity index (χ0v) is 18.8. The van der Waals surface area contributed by atoms with E-state index in [1.54, 1.807) is 6.33 Å². The van der Waals surface area contributed by atoms with Crippen molar-refractivity contribution in [3.8, 4) is 0 Å². The van der Waals surface area contributed by atoms with Gasteiger partial charge in [0.05, 0.1) is 5.75 Å². The largest absolute Gasteiger partial charge is 0.339 e. The molecule has 7 nitrogen and oxygen atoms in total. The van der Waals surface area contributed by atoms with Crippen molar-refractivity contribution in [3.05, 3.63) is 42.2 Å². The van der Waals surface area contributed by atoms with Crippen LogP contribution in [-0.4, -0.2) is 67.8 Å². The summed E-state index contributed by atoms with van der Waals surface area (Å²) in [6.45, 7) is 8.35. The Kier molecular flexibility index (Phi) is 7.90. The summed E-state index contributed by atoms with van der Waals surface area (Å²) in [6.07, 6.45) is 4.26. The molecule has 1 aliphatic heterocycles. The molecule has 1 aromatic heterocycles. The summed E-state index contributed by atoms with van der Waals surface area (Å²) >= 11 is 1.44. The molecule has 2 amide bonds. The molecule has 3 rings (SSSR count). The summed E-state index contributed by atoms with van der Waals surface area (Å²) in [7, 11) is 0. The lowest BCUT2D eigenvalue weighted by atomic mass is 10.0. The first-order valence-electron chi connectivity index (χ1n) is 10.7. The van der Waals surface area contributed by atoms with E-state index in [1.165, 1.54) is 11.8 Å². The van der Waals surface area contributed by atoms with Crippen molar-refractivity contribution < 1.29 is 9.59 Å². The van der Waals surface area contributed by atoms with E-state index in [9.17, 15) is 9.59 Å². The summed E-state index contributed by atoms with van der Waals surface area (Å²) in [5.74, 6) is 0.563. The molecule has 1 aliphatic rings. The molecule has 0 N–H and O–H groups in total. The van der Waals surface area contributed by atoms with Crippen LogP contribution in [0.2, 0.25) is 0 Å². The van der Waals surface area contributed by atoms with Gasteiger partial charge in [-0.1, -0.05) is 36.9 Å². The van der Waals surface area contributed by atoms with E-state index in [2.05, 4.69) is 31.0 Å². The van der Waals surface area contributed by atoms with Crippen molar-refractivity contribution in [2.45, 2.75) is 57.3 Å². The number of rotatable bonds is 8. The van der Waals surface area contributed by atoms with Gasteiger partial charge in [-0.25, -0.2) is 0 Å². The van der Waals surface area contributed by atoms with Gasteiger partial charge in [-0.2, -0.15) is 0 Å². The number of carbonyl (C=O) groups excluding carboxylic acids is 2. The normalized spacial score (nSPS) is 14.9. The van der Waals surface area contributed by atoms with E-state index < -0.39 is 0 Å². The molecule has 0 unspecified atom stereocenters. The van der Waals surface area contributed by atoms with Crippen LogP contribution in [0.5, 0.6) is 0 Å². The van der Waals surface area contributed by atoms with Crippen molar-refractivity contribution in [1.82, 2.24) is 24.6 Å². The highest BCUT2D eigenvalue weighted by Crippen LogP contribution is 2.23. The van der Waals surface area contributed by atoms with Crippen molar-refractivity contribution in [1.29, 1.82) is 0 Å². The van der Waals surface area contributed by atoms with Crippen LogP contribution in [0.3, 0.4) is 0 Å². The summed E-state index contributed by atoms with van der Waals surface area (Å²) in [6, 6.07) is 9.84. The third kappa shape index (κ3) is 5.41. The van der Waals surface area contributed by atoms with Crippen LogP contribution in [0.1, 0.15) is 56.4 Å². The average Bonchev–Trinajstić information content (AvgIpc) is 3.25. The molecule has 1 aromatic carbocycles. The number of hydrogen-bond acceptors (Lipinski definition) is 5. The third-order valence-corrected chi connectivity index (χ3v) is 6.36. The zero-order chi connectivity index (χ0) is 21.5. The van der Waals surface area contributed by atoms with E-state index in [0.717, 1.165) is 36.5 Å². The van der Waals surface area contributed by atoms with Gasteiger partial charge >= 0.3 is 0 Å². The second-order valence-electron chi connectivity index (χ2n) is 7.88. The van der Waals surface area contributed by atoms with E-state index in [1.807, 2.05) is 44.7 Å². The van der Waals surface area contributed by atoms with E-state index >= 15 is 0 Å². The number of thioether (sulfide) groups is 1. The summed E-state index contributed by atoms with van der Waals surface area (Å²) < 4.78 is 1.98. The van der Waals surface area contributed by atoms with Crippen LogP contribution >= 0.6 is 11.8 Å². The zero-order valence-electron chi connectivity index (χ0n) is 18.0. The molecule has 0 saturated carbocycles. The number of aromatic nitrogens is 3. The number of nitrogens with zero attached hydrogens (tertiary/aromatic N) is 5. The Hall–Kier alpha value is -2.35. The van der Waals surface area contributed by atoms with Gasteiger partial charge in [-0.05, 0) is 45.2 Å². The van der Waals surface area contributed by atoms with Gasteiger partial charge in [0.2, 0.25) is 5.91 Å². The van der Waals surface area contributed by atoms with E-state index in [0.29, 0.717) is 18.8 Å². The molecule has 0 radical (unpaired) electrons. The second-order valence-corrected chi connectivity index (χ2v) is 8.82. The molecular formula is C22H31N5O2S. The number of benzene rings is 1. The predicted octanol–water partition coefficient (Wildman–Crippen LogP) is 3.49. The first-order valence-corrected chi connectivity index (χ1v) is 11.7. The lowest BCUT2D eigenvalue weighted by Gasteiger charge is -2.38. The first-order chi connectivity index (χ1) is 14.5. The van der Waals surface area contributed by atoms with Crippen LogP contribution in [0, 0.1) is 0 Å². The Bertz CT molecular complexity index is 831. The Morgan fingerprint density at radius 3 is 2.53 bits per heavy atom. The summed E-state index contributed by atoms with van der Waals surface area (Å²) in [5.41, 5.74) is 0.725. The maximum Gasteiger partial charge on any atom is 0.253 e. The summed E-state index contributed by atoms with van der Waals surface area (Å²) in [4.78, 5) is 29.6. The molecule has 0 bridgehead atoms. The van der Waals surface area contributed by atoms with Crippen molar-refractivity contribution in [3.63, 3.8) is 0 Å². The smallest absolute Gasteiger partial charge is 0.253 e. The van der Waals surface area contributed by atoms with Gasteiger partial charge < -0.3 is 14.4 Å². The first kappa shape index (κ1) is 22.3. The predicted molar refractivity (Wildman–Crippen MR) is 119 cm³/mol. The fourth-order valence-corrected chi connectivity index (χ4v) is 4.72. The highest BCUT2D eigenvalue weighted by atomic mass is 32.2. The molecule has 1 fully saturated rings. The minimum Gasteiger partial charge on any atom is -0.339 e. The van der Waals surface area contributed by atoms with Crippen molar-refractivity contribution in [2.24, 2.45) is 0 Å². The van der Waals surface area contributed by atoms with Gasteiger partial charge in [-0.3, -0.25) is 9.59 Å². The highest BCUT2D eigenvalue weighted by molar-refractivity contribution is 7.99. The fraction of sp³-hybridized carbons (Fsp3) is 0.545. The molecular weight excluding hydrogens is 398 g/mol. The number of likely N-dealkylation sites (tertiary alicyclic amines) is 1. The van der Waals surface area contributed by atoms with Gasteiger partial charge in [-0.15, -0.1) is 10.2 Å². The molecule has 0 spiro atoms. The maximum absolute atomic E-state index is 13.0. The Labute approximate surface area is 182 Å². The van der Waals surface area contributed by atoms with Crippen LogP contribution in [0.4, 0.5) is 0 Å². The lowest BCUT2D eigenvalue weighted by Crippen LogP contribution is -2.49. The average molecular weight is 430 g/mol. The number of carbonyl (C=O) groups is 2. The standard InChI is InChI=1S/C22H31N5O2S/c1-4-12-26(20(28)15-30-22-24-23-16-27(22)17(2)3)19-10-13-25(14-11-19)21(29)18-8-6-5-7-9-18/h5-9,16-17,19H,4,10-15H2,1-3H3. The Balaban J connectivity index is 1.56. The topological polar surface area (TPSA) is 71.3 Å². The lowest BCUT2D eigenvalue weighted by molar-refractivity contribution is -0.131. The van der Waals surface area contributed by atoms with Crippen molar-refractivity contribution in [2.75, 3.05) is 25.4 Å². The molecule has 2 aromatic rings. The van der Waals surface area contributed by atoms with Crippen molar-refractivity contribution >= 4 is 23.6 Å². The van der Waals surface area contributed by atoms with Gasteiger partial charge in [0, 0.05) is 37.3 Å². The van der Waals surface area contributed by atoms with Gasteiger partial charge in [0.25, 0.3) is 5.91 Å². The van der Waals surface area contributed by atoms with Gasteiger partial charge in [0.15, 0.2) is 5.16 Å². The Morgan fingerprint density at radius 1 is 1.20 bits per heavy atom. The molecule has 0 aliphatic carbocycles. The van der Waals surface area contributed by atoms with Gasteiger partial charge in [0.1, 0.15) is 6.33 Å². The highest BCUT2D eigenvalue weighted by Gasteiger charge is 2.29. The fourth-order valence-electron chi connectivity index (χ4n) is 3.79. The molecule has 0 atom stereocenters. The molecule has 162 valence electrons. The number of amides is 2. The third-order valence-electron chi connectivity index (χ3n) is 5.42. The SMILES string of the molecule is CCCN(C(=O)CSc1nncn1C(C)C)C1CCN(C(=O)c2ccccc2)CC1. The molecule has 1 saturated heterocycles. The van der Waals surface area contributed by atoms with Crippen LogP contribution in [0.15, 0.2) is 41.8 Å². The van der Waals surface area contributed by atoms with Crippen LogP contribution in [0.25, 0.3) is 0 Å². The Morgan fingerprint density at radius 2 is 1.90 bits per heavy atom. The molecule has 30 heavy (non-hydrogen) atoms. The van der Waals surface area contributed by atoms with E-state index in [-0.39, 0.29) is 23.9 Å². The maximum atomic E-state index is 13.0. The monoisotopic (exact) mass is 429 g/mol. The van der Waals surface area contributed by atoms with Crippen LogP contribution < -0.4 is 0 Å². The summed E-state index contributed by atoms with van der Waals surface area (Å²) in [5, 5.41) is 8.89.